The zero-order chi connectivity index (χ0) is 20.8. The first-order valence-electron chi connectivity index (χ1n) is 10.7. The first kappa shape index (κ1) is 19.2. The summed E-state index contributed by atoms with van der Waals surface area (Å²) in [7, 11) is 0. The molecule has 0 saturated carbocycles. The van der Waals surface area contributed by atoms with Crippen LogP contribution in [0.2, 0.25) is 0 Å². The van der Waals surface area contributed by atoms with Gasteiger partial charge in [-0.3, -0.25) is 4.90 Å². The number of anilines is 1. The van der Waals surface area contributed by atoms with Gasteiger partial charge < -0.3 is 9.32 Å². The molecular weight excluding hydrogens is 378 g/mol. The quantitative estimate of drug-likeness (QED) is 0.643. The largest absolute Gasteiger partial charge is 0.448 e. The van der Waals surface area contributed by atoms with Gasteiger partial charge in [-0.1, -0.05) is 13.8 Å². The third kappa shape index (κ3) is 3.49. The van der Waals surface area contributed by atoms with E-state index in [-0.39, 0.29) is 0 Å². The molecule has 2 aliphatic heterocycles. The van der Waals surface area contributed by atoms with Gasteiger partial charge in [-0.15, -0.1) is 0 Å². The van der Waals surface area contributed by atoms with Crippen molar-refractivity contribution < 1.29 is 4.42 Å². The van der Waals surface area contributed by atoms with Crippen molar-refractivity contribution in [3.63, 3.8) is 0 Å². The van der Waals surface area contributed by atoms with E-state index in [1.165, 1.54) is 0 Å². The number of oxazole rings is 1. The van der Waals surface area contributed by atoms with Crippen LogP contribution in [0, 0.1) is 25.7 Å². The summed E-state index contributed by atoms with van der Waals surface area (Å²) in [6, 6.07) is 4.12. The molecule has 2 unspecified atom stereocenters. The number of hydrogen-bond acceptors (Lipinski definition) is 7. The Morgan fingerprint density at radius 1 is 1.00 bits per heavy atom. The molecule has 5 heterocycles. The molecule has 0 spiro atoms. The van der Waals surface area contributed by atoms with Gasteiger partial charge in [0.15, 0.2) is 12.2 Å². The van der Waals surface area contributed by atoms with Crippen LogP contribution in [0.1, 0.15) is 42.6 Å². The summed E-state index contributed by atoms with van der Waals surface area (Å²) in [6.45, 7) is 13.5. The number of likely N-dealkylation sites (tertiary alicyclic amines) is 1. The van der Waals surface area contributed by atoms with Gasteiger partial charge in [0.25, 0.3) is 0 Å². The molecule has 158 valence electrons. The Balaban J connectivity index is 1.25. The van der Waals surface area contributed by atoms with Crippen molar-refractivity contribution in [1.82, 2.24) is 29.6 Å². The van der Waals surface area contributed by atoms with Crippen molar-refractivity contribution in [2.24, 2.45) is 11.8 Å². The highest BCUT2D eigenvalue weighted by atomic mass is 16.3. The van der Waals surface area contributed by atoms with E-state index in [4.69, 9.17) is 4.42 Å². The lowest BCUT2D eigenvalue weighted by molar-refractivity contribution is 0.302. The molecule has 0 aliphatic carbocycles. The molecule has 5 rings (SSSR count). The number of aromatic nitrogens is 5. The van der Waals surface area contributed by atoms with E-state index in [9.17, 15) is 0 Å². The van der Waals surface area contributed by atoms with Crippen LogP contribution in [0.5, 0.6) is 0 Å². The Bertz CT molecular complexity index is 1030. The lowest BCUT2D eigenvalue weighted by Crippen LogP contribution is -2.29. The van der Waals surface area contributed by atoms with Gasteiger partial charge in [-0.2, -0.15) is 5.10 Å². The van der Waals surface area contributed by atoms with Crippen molar-refractivity contribution in [3.8, 4) is 5.82 Å². The SMILES string of the molecule is Cc1cc(C)n(-c2cc(N3CC4CN(Cc5ncoc5C(C)C)CC4C3)ncn2)n1. The predicted molar refractivity (Wildman–Crippen MR) is 114 cm³/mol. The molecule has 2 fully saturated rings. The Morgan fingerprint density at radius 2 is 1.73 bits per heavy atom. The molecule has 3 aromatic heterocycles. The minimum atomic E-state index is 0.370. The third-order valence-electron chi connectivity index (χ3n) is 6.32. The summed E-state index contributed by atoms with van der Waals surface area (Å²) >= 11 is 0. The summed E-state index contributed by atoms with van der Waals surface area (Å²) < 4.78 is 7.49. The molecular formula is C22H29N7O. The maximum absolute atomic E-state index is 5.60. The second-order valence-electron chi connectivity index (χ2n) is 9.01. The Labute approximate surface area is 176 Å². The summed E-state index contributed by atoms with van der Waals surface area (Å²) in [6.07, 6.45) is 3.23. The Morgan fingerprint density at radius 3 is 2.40 bits per heavy atom. The number of rotatable bonds is 5. The monoisotopic (exact) mass is 407 g/mol. The molecule has 0 aromatic carbocycles. The van der Waals surface area contributed by atoms with E-state index in [2.05, 4.69) is 62.8 Å². The smallest absolute Gasteiger partial charge is 0.181 e. The van der Waals surface area contributed by atoms with Crippen LogP contribution in [-0.2, 0) is 6.54 Å². The maximum atomic E-state index is 5.60. The molecule has 3 aromatic rings. The van der Waals surface area contributed by atoms with Crippen LogP contribution in [-0.4, -0.2) is 55.8 Å². The van der Waals surface area contributed by atoms with E-state index in [1.54, 1.807) is 12.7 Å². The molecule has 2 saturated heterocycles. The molecule has 0 N–H and O–H groups in total. The first-order chi connectivity index (χ1) is 14.5. The van der Waals surface area contributed by atoms with Crippen LogP contribution >= 0.6 is 0 Å². The highest BCUT2D eigenvalue weighted by Gasteiger charge is 2.40. The van der Waals surface area contributed by atoms with Gasteiger partial charge in [0.05, 0.1) is 11.4 Å². The highest BCUT2D eigenvalue weighted by molar-refractivity contribution is 5.45. The molecule has 2 atom stereocenters. The minimum Gasteiger partial charge on any atom is -0.448 e. The molecule has 0 bridgehead atoms. The summed E-state index contributed by atoms with van der Waals surface area (Å²) in [5.74, 6) is 4.53. The molecule has 0 amide bonds. The van der Waals surface area contributed by atoms with Crippen molar-refractivity contribution in [2.45, 2.75) is 40.2 Å². The standard InChI is InChI=1S/C22H29N7O/c1-14(2)22-19(25-13-30-22)11-27-7-17-9-28(10-18(17)8-27)20-6-21(24-12-23-20)29-16(4)5-15(3)26-29/h5-6,12-14,17-18H,7-11H2,1-4H3. The average molecular weight is 408 g/mol. The number of aryl methyl sites for hydroxylation is 2. The van der Waals surface area contributed by atoms with Gasteiger partial charge >= 0.3 is 0 Å². The predicted octanol–water partition coefficient (Wildman–Crippen LogP) is 2.96. The lowest BCUT2D eigenvalue weighted by Gasteiger charge is -2.22. The lowest BCUT2D eigenvalue weighted by atomic mass is 10.0. The van der Waals surface area contributed by atoms with E-state index in [1.807, 2.05) is 11.6 Å². The molecule has 2 aliphatic rings. The van der Waals surface area contributed by atoms with Crippen molar-refractivity contribution in [3.05, 3.63) is 47.7 Å². The van der Waals surface area contributed by atoms with Gasteiger partial charge in [0.2, 0.25) is 0 Å². The van der Waals surface area contributed by atoms with E-state index in [0.717, 1.165) is 67.2 Å². The molecule has 8 nitrogen and oxygen atoms in total. The van der Waals surface area contributed by atoms with Gasteiger partial charge in [0.1, 0.15) is 17.9 Å². The fraction of sp³-hybridized carbons (Fsp3) is 0.545. The van der Waals surface area contributed by atoms with E-state index < -0.39 is 0 Å². The van der Waals surface area contributed by atoms with Crippen molar-refractivity contribution >= 4 is 5.82 Å². The zero-order valence-electron chi connectivity index (χ0n) is 18.1. The normalized spacial score (nSPS) is 21.7. The Kier molecular flexibility index (Phi) is 4.81. The number of nitrogens with zero attached hydrogens (tertiary/aromatic N) is 7. The number of fused-ring (bicyclic) bond motifs is 1. The van der Waals surface area contributed by atoms with E-state index in [0.29, 0.717) is 17.8 Å². The van der Waals surface area contributed by atoms with Crippen molar-refractivity contribution in [1.29, 1.82) is 0 Å². The minimum absolute atomic E-state index is 0.370. The van der Waals surface area contributed by atoms with Gasteiger partial charge in [-0.25, -0.2) is 19.6 Å². The zero-order valence-corrected chi connectivity index (χ0v) is 18.1. The molecule has 30 heavy (non-hydrogen) atoms. The van der Waals surface area contributed by atoms with Gasteiger partial charge in [0, 0.05) is 50.4 Å². The fourth-order valence-corrected chi connectivity index (χ4v) is 4.97. The van der Waals surface area contributed by atoms with Crippen LogP contribution in [0.15, 0.2) is 29.3 Å². The summed E-state index contributed by atoms with van der Waals surface area (Å²) in [4.78, 5) is 18.4. The third-order valence-corrected chi connectivity index (χ3v) is 6.32. The molecule has 0 radical (unpaired) electrons. The van der Waals surface area contributed by atoms with Crippen LogP contribution in [0.25, 0.3) is 5.82 Å². The van der Waals surface area contributed by atoms with Gasteiger partial charge in [-0.05, 0) is 31.7 Å². The summed E-state index contributed by atoms with van der Waals surface area (Å²) in [5, 5.41) is 4.56. The number of hydrogen-bond donors (Lipinski definition) is 0. The average Bonchev–Trinajstić information content (AvgIpc) is 3.46. The van der Waals surface area contributed by atoms with Crippen LogP contribution in [0.3, 0.4) is 0 Å². The second kappa shape index (κ2) is 7.50. The fourth-order valence-electron chi connectivity index (χ4n) is 4.97. The Hall–Kier alpha value is -2.74. The highest BCUT2D eigenvalue weighted by Crippen LogP contribution is 2.34. The topological polar surface area (TPSA) is 76.1 Å². The van der Waals surface area contributed by atoms with E-state index >= 15 is 0 Å². The first-order valence-corrected chi connectivity index (χ1v) is 10.7. The van der Waals surface area contributed by atoms with Crippen LogP contribution in [0.4, 0.5) is 5.82 Å². The maximum Gasteiger partial charge on any atom is 0.181 e. The van der Waals surface area contributed by atoms with Crippen LogP contribution < -0.4 is 4.90 Å². The van der Waals surface area contributed by atoms with Crippen molar-refractivity contribution in [2.75, 3.05) is 31.1 Å². The summed E-state index contributed by atoms with van der Waals surface area (Å²) in [5.41, 5.74) is 3.17. The second-order valence-corrected chi connectivity index (χ2v) is 9.01. The molecule has 8 heteroatoms.